The van der Waals surface area contributed by atoms with Gasteiger partial charge >= 0.3 is 5.97 Å². The van der Waals surface area contributed by atoms with Crippen LogP contribution in [0.5, 0.6) is 0 Å². The number of rotatable bonds is 5. The average Bonchev–Trinajstić information content (AvgIpc) is 2.85. The largest absolute Gasteiger partial charge is 0.478 e. The van der Waals surface area contributed by atoms with Gasteiger partial charge in [0.05, 0.1) is 5.56 Å². The summed E-state index contributed by atoms with van der Waals surface area (Å²) < 4.78 is 0. The Morgan fingerprint density at radius 1 is 0.743 bits per heavy atom. The maximum absolute atomic E-state index is 11.4. The van der Waals surface area contributed by atoms with Gasteiger partial charge in [-0.25, -0.2) is 4.79 Å². The van der Waals surface area contributed by atoms with Gasteiger partial charge in [0.1, 0.15) is 0 Å². The molecule has 3 heteroatoms. The summed E-state index contributed by atoms with van der Waals surface area (Å²) in [7, 11) is 0. The zero-order chi connectivity index (χ0) is 24.8. The monoisotopic (exact) mass is 463 g/mol. The number of hydrogen-bond donors (Lipinski definition) is 1. The topological polar surface area (TPSA) is 40.5 Å². The van der Waals surface area contributed by atoms with E-state index in [1.807, 2.05) is 12.1 Å². The number of fused-ring (bicyclic) bond motifs is 2. The predicted octanol–water partition coefficient (Wildman–Crippen LogP) is 8.23. The van der Waals surface area contributed by atoms with Gasteiger partial charge in [0.15, 0.2) is 0 Å². The maximum atomic E-state index is 11.4. The molecule has 0 atom stereocenters. The van der Waals surface area contributed by atoms with E-state index >= 15 is 0 Å². The first-order chi connectivity index (χ1) is 16.6. The molecule has 0 amide bonds. The van der Waals surface area contributed by atoms with Crippen molar-refractivity contribution in [3.8, 4) is 0 Å². The molecule has 4 aromatic carbocycles. The van der Waals surface area contributed by atoms with E-state index < -0.39 is 5.97 Å². The van der Waals surface area contributed by atoms with Crippen LogP contribution in [0, 0.1) is 0 Å². The molecule has 0 aromatic heterocycles. The summed E-state index contributed by atoms with van der Waals surface area (Å²) in [6.45, 7) is 10.1. The van der Waals surface area contributed by atoms with Gasteiger partial charge in [-0.05, 0) is 93.6 Å². The van der Waals surface area contributed by atoms with E-state index in [2.05, 4.69) is 93.3 Å². The van der Waals surface area contributed by atoms with Crippen molar-refractivity contribution in [2.75, 3.05) is 4.90 Å². The molecule has 1 N–H and O–H groups in total. The van der Waals surface area contributed by atoms with Gasteiger partial charge in [0.2, 0.25) is 0 Å². The van der Waals surface area contributed by atoms with Crippen molar-refractivity contribution in [2.45, 2.75) is 57.9 Å². The summed E-state index contributed by atoms with van der Waals surface area (Å²) in [6, 6.07) is 29.1. The summed E-state index contributed by atoms with van der Waals surface area (Å²) >= 11 is 0. The molecule has 4 aromatic rings. The minimum absolute atomic E-state index is 0.114. The third-order valence-electron chi connectivity index (χ3n) is 7.73. The number of carbonyl (C=O) groups is 1. The van der Waals surface area contributed by atoms with Crippen LogP contribution in [0.1, 0.15) is 67.6 Å². The lowest BCUT2D eigenvalue weighted by Crippen LogP contribution is -2.34. The van der Waals surface area contributed by atoms with Crippen molar-refractivity contribution < 1.29 is 9.90 Å². The van der Waals surface area contributed by atoms with Crippen molar-refractivity contribution in [1.82, 2.24) is 0 Å². The van der Waals surface area contributed by atoms with Crippen LogP contribution in [0.2, 0.25) is 0 Å². The van der Waals surface area contributed by atoms with Crippen LogP contribution in [-0.2, 0) is 17.4 Å². The van der Waals surface area contributed by atoms with Crippen LogP contribution in [0.25, 0.3) is 10.8 Å². The molecule has 0 unspecified atom stereocenters. The van der Waals surface area contributed by atoms with E-state index in [1.165, 1.54) is 33.9 Å². The predicted molar refractivity (Wildman–Crippen MR) is 145 cm³/mol. The molecule has 0 heterocycles. The molecule has 5 rings (SSSR count). The fourth-order valence-electron chi connectivity index (χ4n) is 5.38. The first-order valence-electron chi connectivity index (χ1n) is 12.4. The number of benzene rings is 4. The Labute approximate surface area is 208 Å². The van der Waals surface area contributed by atoms with Gasteiger partial charge in [-0.1, -0.05) is 70.2 Å². The minimum atomic E-state index is -0.907. The van der Waals surface area contributed by atoms with Crippen LogP contribution in [-0.4, -0.2) is 11.1 Å². The number of aromatic carboxylic acids is 1. The lowest BCUT2D eigenvalue weighted by Gasteiger charge is -2.42. The summed E-state index contributed by atoms with van der Waals surface area (Å²) in [5.74, 6) is -0.907. The van der Waals surface area contributed by atoms with Crippen molar-refractivity contribution in [2.24, 2.45) is 0 Å². The number of hydrogen-bond acceptors (Lipinski definition) is 2. The van der Waals surface area contributed by atoms with Gasteiger partial charge in [-0.2, -0.15) is 0 Å². The van der Waals surface area contributed by atoms with E-state index in [-0.39, 0.29) is 10.8 Å². The Morgan fingerprint density at radius 3 is 2.06 bits per heavy atom. The fourth-order valence-corrected chi connectivity index (χ4v) is 5.38. The van der Waals surface area contributed by atoms with Crippen molar-refractivity contribution >= 4 is 28.1 Å². The molecule has 3 nitrogen and oxygen atoms in total. The molecule has 35 heavy (non-hydrogen) atoms. The molecule has 178 valence electrons. The average molecular weight is 464 g/mol. The Morgan fingerprint density at radius 2 is 1.37 bits per heavy atom. The lowest BCUT2D eigenvalue weighted by atomic mass is 9.63. The highest BCUT2D eigenvalue weighted by atomic mass is 16.4. The van der Waals surface area contributed by atoms with E-state index in [0.29, 0.717) is 12.1 Å². The Hall–Kier alpha value is -3.59. The molecule has 0 saturated heterocycles. The SMILES string of the molecule is CC1(C)CCC(C)(C)c2cc(N(Cc3ccc4ccccc4c3)c3ccc(C(=O)O)cc3)ccc21. The first-order valence-corrected chi connectivity index (χ1v) is 12.4. The maximum Gasteiger partial charge on any atom is 0.335 e. The quantitative estimate of drug-likeness (QED) is 0.324. The van der Waals surface area contributed by atoms with E-state index in [4.69, 9.17) is 0 Å². The van der Waals surface area contributed by atoms with Gasteiger partial charge in [0, 0.05) is 17.9 Å². The van der Waals surface area contributed by atoms with Crippen molar-refractivity contribution in [3.63, 3.8) is 0 Å². The second kappa shape index (κ2) is 8.57. The lowest BCUT2D eigenvalue weighted by molar-refractivity contribution is 0.0697. The fraction of sp³-hybridized carbons (Fsp3) is 0.281. The molecule has 0 radical (unpaired) electrons. The molecule has 0 saturated carbocycles. The summed E-state index contributed by atoms with van der Waals surface area (Å²) in [5, 5.41) is 11.8. The summed E-state index contributed by atoms with van der Waals surface area (Å²) in [6.07, 6.45) is 2.35. The van der Waals surface area contributed by atoms with Crippen LogP contribution in [0.15, 0.2) is 84.9 Å². The second-order valence-corrected chi connectivity index (χ2v) is 11.1. The molecule has 0 fully saturated rings. The standard InChI is InChI=1S/C32H33NO2/c1-31(2)17-18-32(3,4)29-20-27(15-16-28(29)31)33(26-13-11-24(12-14-26)30(34)35)21-22-9-10-23-7-5-6-8-25(23)19-22/h5-16,19-20H,17-18,21H2,1-4H3,(H,34,35). The van der Waals surface area contributed by atoms with Gasteiger partial charge in [-0.3, -0.25) is 0 Å². The van der Waals surface area contributed by atoms with E-state index in [1.54, 1.807) is 12.1 Å². The van der Waals surface area contributed by atoms with Gasteiger partial charge in [0.25, 0.3) is 0 Å². The van der Waals surface area contributed by atoms with Crippen LogP contribution < -0.4 is 4.90 Å². The third kappa shape index (κ3) is 4.43. The van der Waals surface area contributed by atoms with Gasteiger partial charge < -0.3 is 10.0 Å². The molecule has 1 aliphatic carbocycles. The number of nitrogens with zero attached hydrogens (tertiary/aromatic N) is 1. The van der Waals surface area contributed by atoms with Crippen LogP contribution >= 0.6 is 0 Å². The van der Waals surface area contributed by atoms with Crippen LogP contribution in [0.4, 0.5) is 11.4 Å². The number of carboxylic acids is 1. The minimum Gasteiger partial charge on any atom is -0.478 e. The Balaban J connectivity index is 1.61. The molecular weight excluding hydrogens is 430 g/mol. The third-order valence-corrected chi connectivity index (χ3v) is 7.73. The summed E-state index contributed by atoms with van der Waals surface area (Å²) in [5.41, 5.74) is 6.75. The summed E-state index contributed by atoms with van der Waals surface area (Å²) in [4.78, 5) is 13.7. The number of anilines is 2. The highest BCUT2D eigenvalue weighted by molar-refractivity contribution is 5.88. The zero-order valence-electron chi connectivity index (χ0n) is 21.0. The number of carboxylic acid groups (broad SMARTS) is 1. The first kappa shape index (κ1) is 23.2. The van der Waals surface area contributed by atoms with E-state index in [9.17, 15) is 9.90 Å². The Bertz CT molecular complexity index is 1400. The molecule has 0 bridgehead atoms. The van der Waals surface area contributed by atoms with E-state index in [0.717, 1.165) is 17.8 Å². The molecule has 0 spiro atoms. The second-order valence-electron chi connectivity index (χ2n) is 11.1. The normalized spacial score (nSPS) is 16.0. The molecular formula is C32H33NO2. The highest BCUT2D eigenvalue weighted by Crippen LogP contribution is 2.47. The smallest absolute Gasteiger partial charge is 0.335 e. The Kier molecular flexibility index (Phi) is 5.67. The van der Waals surface area contributed by atoms with Gasteiger partial charge in [-0.15, -0.1) is 0 Å². The molecule has 1 aliphatic rings. The van der Waals surface area contributed by atoms with Crippen molar-refractivity contribution in [3.05, 3.63) is 107 Å². The zero-order valence-corrected chi connectivity index (χ0v) is 21.0. The van der Waals surface area contributed by atoms with Crippen molar-refractivity contribution in [1.29, 1.82) is 0 Å². The highest BCUT2D eigenvalue weighted by Gasteiger charge is 2.37. The van der Waals surface area contributed by atoms with Crippen LogP contribution in [0.3, 0.4) is 0 Å². The molecule has 0 aliphatic heterocycles.